The van der Waals surface area contributed by atoms with Gasteiger partial charge in [-0.15, -0.1) is 0 Å². The molecule has 0 aliphatic rings. The Labute approximate surface area is 114 Å². The second kappa shape index (κ2) is 5.93. The minimum absolute atomic E-state index is 0.00443. The van der Waals surface area contributed by atoms with Gasteiger partial charge in [0.1, 0.15) is 0 Å². The minimum Gasteiger partial charge on any atom is -0.274 e. The summed E-state index contributed by atoms with van der Waals surface area (Å²) in [5.74, 6) is -0.451. The molecular formula is C12H12N4O4. The van der Waals surface area contributed by atoms with E-state index in [1.165, 1.54) is 22.9 Å². The van der Waals surface area contributed by atoms with Crippen LogP contribution in [0.15, 0.2) is 36.5 Å². The van der Waals surface area contributed by atoms with Gasteiger partial charge in [0.2, 0.25) is 0 Å². The van der Waals surface area contributed by atoms with Gasteiger partial charge in [0.05, 0.1) is 17.2 Å². The van der Waals surface area contributed by atoms with Crippen LogP contribution in [0.25, 0.3) is 5.69 Å². The Balaban J connectivity index is 2.16. The number of nitrogens with one attached hydrogen (secondary N) is 1. The smallest absolute Gasteiger partial charge is 0.274 e. The minimum atomic E-state index is -0.478. The highest BCUT2D eigenvalue weighted by Crippen LogP contribution is 2.14. The van der Waals surface area contributed by atoms with Crippen LogP contribution in [0.3, 0.4) is 0 Å². The summed E-state index contributed by atoms with van der Waals surface area (Å²) in [5.41, 5.74) is 3.04. The van der Waals surface area contributed by atoms with E-state index in [1.54, 1.807) is 25.3 Å². The fraction of sp³-hybridized carbons (Fsp3) is 0.167. The number of amides is 1. The van der Waals surface area contributed by atoms with Gasteiger partial charge in [-0.25, -0.2) is 10.2 Å². The molecule has 1 aromatic heterocycles. The second-order valence-corrected chi connectivity index (χ2v) is 3.78. The number of rotatable bonds is 5. The van der Waals surface area contributed by atoms with Crippen LogP contribution < -0.4 is 5.48 Å². The average molecular weight is 276 g/mol. The van der Waals surface area contributed by atoms with Crippen LogP contribution in [0.1, 0.15) is 17.4 Å². The second-order valence-electron chi connectivity index (χ2n) is 3.78. The molecule has 0 saturated carbocycles. The van der Waals surface area contributed by atoms with Gasteiger partial charge in [0, 0.05) is 18.3 Å². The number of hydrogen-bond donors (Lipinski definition) is 1. The number of hydrogen-bond acceptors (Lipinski definition) is 5. The van der Waals surface area contributed by atoms with Crippen molar-refractivity contribution in [3.05, 3.63) is 52.3 Å². The van der Waals surface area contributed by atoms with Crippen molar-refractivity contribution in [3.63, 3.8) is 0 Å². The lowest BCUT2D eigenvalue weighted by Gasteiger charge is -2.01. The molecule has 0 aliphatic heterocycles. The van der Waals surface area contributed by atoms with Crippen molar-refractivity contribution in [2.24, 2.45) is 0 Å². The molecule has 1 heterocycles. The van der Waals surface area contributed by atoms with Crippen LogP contribution in [0.2, 0.25) is 0 Å². The Morgan fingerprint density at radius 2 is 2.10 bits per heavy atom. The molecule has 0 bridgehead atoms. The van der Waals surface area contributed by atoms with E-state index in [4.69, 9.17) is 4.84 Å². The molecule has 8 heteroatoms. The van der Waals surface area contributed by atoms with Crippen LogP contribution >= 0.6 is 0 Å². The van der Waals surface area contributed by atoms with Crippen molar-refractivity contribution < 1.29 is 14.6 Å². The van der Waals surface area contributed by atoms with Crippen molar-refractivity contribution in [2.75, 3.05) is 6.61 Å². The molecule has 104 valence electrons. The Bertz CT molecular complexity index is 621. The molecule has 20 heavy (non-hydrogen) atoms. The molecule has 0 fully saturated rings. The summed E-state index contributed by atoms with van der Waals surface area (Å²) in [4.78, 5) is 26.5. The molecule has 8 nitrogen and oxygen atoms in total. The van der Waals surface area contributed by atoms with Crippen LogP contribution in [0.4, 0.5) is 5.69 Å². The van der Waals surface area contributed by atoms with Gasteiger partial charge in [-0.05, 0) is 25.1 Å². The fourth-order valence-electron chi connectivity index (χ4n) is 1.51. The van der Waals surface area contributed by atoms with Crippen molar-refractivity contribution >= 4 is 11.6 Å². The zero-order valence-electron chi connectivity index (χ0n) is 10.6. The largest absolute Gasteiger partial charge is 0.295 e. The Hall–Kier alpha value is -2.74. The number of nitrogens with zero attached hydrogens (tertiary/aromatic N) is 3. The number of carbonyl (C=O) groups is 1. The first-order chi connectivity index (χ1) is 9.61. The quantitative estimate of drug-likeness (QED) is 0.658. The maximum absolute atomic E-state index is 11.6. The number of aromatic nitrogens is 2. The molecule has 1 amide bonds. The molecule has 0 aliphatic carbocycles. The van der Waals surface area contributed by atoms with Gasteiger partial charge in [0.25, 0.3) is 11.6 Å². The predicted molar refractivity (Wildman–Crippen MR) is 69.3 cm³/mol. The summed E-state index contributed by atoms with van der Waals surface area (Å²) in [6.45, 7) is 2.10. The normalized spacial score (nSPS) is 10.2. The van der Waals surface area contributed by atoms with Crippen molar-refractivity contribution in [1.29, 1.82) is 0 Å². The third-order valence-corrected chi connectivity index (χ3v) is 2.46. The van der Waals surface area contributed by atoms with E-state index in [1.807, 2.05) is 0 Å². The predicted octanol–water partition coefficient (Wildman–Crippen LogP) is 1.46. The summed E-state index contributed by atoms with van der Waals surface area (Å²) < 4.78 is 1.45. The van der Waals surface area contributed by atoms with Crippen molar-refractivity contribution in [1.82, 2.24) is 15.3 Å². The summed E-state index contributed by atoms with van der Waals surface area (Å²) in [6, 6.07) is 7.37. The molecule has 1 N–H and O–H groups in total. The third-order valence-electron chi connectivity index (χ3n) is 2.46. The third kappa shape index (κ3) is 2.98. The topological polar surface area (TPSA) is 99.3 Å². The standard InChI is InChI=1S/C12H12N4O4/c1-2-20-14-12(17)11-7-8-15(13-11)9-3-5-10(6-4-9)16(18)19/h3-8H,2H2,1H3,(H,14,17). The van der Waals surface area contributed by atoms with E-state index < -0.39 is 10.8 Å². The van der Waals surface area contributed by atoms with Gasteiger partial charge < -0.3 is 0 Å². The SMILES string of the molecule is CCONC(=O)c1ccn(-c2ccc([N+](=O)[O-])cc2)n1. The summed E-state index contributed by atoms with van der Waals surface area (Å²) >= 11 is 0. The van der Waals surface area contributed by atoms with E-state index >= 15 is 0 Å². The number of nitro groups is 1. The molecule has 2 aromatic rings. The molecular weight excluding hydrogens is 264 g/mol. The van der Waals surface area contributed by atoms with Crippen molar-refractivity contribution in [3.8, 4) is 5.69 Å². The summed E-state index contributed by atoms with van der Waals surface area (Å²) in [5, 5.41) is 14.6. The first-order valence-corrected chi connectivity index (χ1v) is 5.84. The van der Waals surface area contributed by atoms with Crippen LogP contribution in [-0.2, 0) is 4.84 Å². The van der Waals surface area contributed by atoms with E-state index in [9.17, 15) is 14.9 Å². The molecule has 1 aromatic carbocycles. The van der Waals surface area contributed by atoms with E-state index in [2.05, 4.69) is 10.6 Å². The summed E-state index contributed by atoms with van der Waals surface area (Å²) in [6.07, 6.45) is 1.59. The number of non-ortho nitro benzene ring substituents is 1. The van der Waals surface area contributed by atoms with E-state index in [-0.39, 0.29) is 11.4 Å². The van der Waals surface area contributed by atoms with Crippen LogP contribution in [-0.4, -0.2) is 27.2 Å². The molecule has 0 atom stereocenters. The Morgan fingerprint density at radius 1 is 1.40 bits per heavy atom. The highest BCUT2D eigenvalue weighted by molar-refractivity contribution is 5.91. The van der Waals surface area contributed by atoms with Crippen molar-refractivity contribution in [2.45, 2.75) is 6.92 Å². The summed E-state index contributed by atoms with van der Waals surface area (Å²) in [7, 11) is 0. The maximum Gasteiger partial charge on any atom is 0.295 e. The van der Waals surface area contributed by atoms with Gasteiger partial charge >= 0.3 is 0 Å². The first-order valence-electron chi connectivity index (χ1n) is 5.84. The Kier molecular flexibility index (Phi) is 4.06. The number of benzene rings is 1. The van der Waals surface area contributed by atoms with Gasteiger partial charge in [-0.1, -0.05) is 0 Å². The fourth-order valence-corrected chi connectivity index (χ4v) is 1.51. The van der Waals surface area contributed by atoms with E-state index in [0.717, 1.165) is 0 Å². The lowest BCUT2D eigenvalue weighted by molar-refractivity contribution is -0.384. The maximum atomic E-state index is 11.6. The van der Waals surface area contributed by atoms with Crippen LogP contribution in [0.5, 0.6) is 0 Å². The molecule has 0 spiro atoms. The van der Waals surface area contributed by atoms with E-state index in [0.29, 0.717) is 12.3 Å². The van der Waals surface area contributed by atoms with Gasteiger partial charge in [0.15, 0.2) is 5.69 Å². The zero-order valence-corrected chi connectivity index (χ0v) is 10.6. The lowest BCUT2D eigenvalue weighted by atomic mass is 10.3. The zero-order chi connectivity index (χ0) is 14.5. The number of nitro benzene ring substituents is 1. The molecule has 0 radical (unpaired) electrons. The first kappa shape index (κ1) is 13.7. The molecule has 0 unspecified atom stereocenters. The van der Waals surface area contributed by atoms with Crippen LogP contribution in [0, 0.1) is 10.1 Å². The number of carbonyl (C=O) groups excluding carboxylic acids is 1. The van der Waals surface area contributed by atoms with Gasteiger partial charge in [-0.2, -0.15) is 5.10 Å². The highest BCUT2D eigenvalue weighted by Gasteiger charge is 2.11. The highest BCUT2D eigenvalue weighted by atomic mass is 16.6. The average Bonchev–Trinajstić information content (AvgIpc) is 2.94. The Morgan fingerprint density at radius 3 is 2.70 bits per heavy atom. The number of hydroxylamine groups is 1. The monoisotopic (exact) mass is 276 g/mol. The molecule has 2 rings (SSSR count). The van der Waals surface area contributed by atoms with Gasteiger partial charge in [-0.3, -0.25) is 19.7 Å². The lowest BCUT2D eigenvalue weighted by Crippen LogP contribution is -2.24. The molecule has 0 saturated heterocycles.